The van der Waals surface area contributed by atoms with Crippen molar-refractivity contribution >= 4 is 28.7 Å². The molecule has 0 amide bonds. The minimum atomic E-state index is -4.93. The molecule has 1 fully saturated rings. The summed E-state index contributed by atoms with van der Waals surface area (Å²) in [5.41, 5.74) is -1.50. The number of alkyl halides is 3. The lowest BCUT2D eigenvalue weighted by Crippen LogP contribution is -2.51. The second-order valence-electron chi connectivity index (χ2n) is 11.0. The minimum Gasteiger partial charge on any atom is -0.425 e. The number of rotatable bonds is 9. The molecule has 0 radical (unpaired) electrons. The van der Waals surface area contributed by atoms with E-state index in [4.69, 9.17) is 21.2 Å². The van der Waals surface area contributed by atoms with Crippen LogP contribution in [-0.2, 0) is 24.8 Å². The summed E-state index contributed by atoms with van der Waals surface area (Å²) < 4.78 is 51.2. The van der Waals surface area contributed by atoms with Gasteiger partial charge >= 0.3 is 29.6 Å². The van der Waals surface area contributed by atoms with Crippen LogP contribution in [0.15, 0.2) is 88.5 Å². The van der Waals surface area contributed by atoms with Crippen molar-refractivity contribution in [1.82, 2.24) is 18.8 Å². The average molecular weight is 655 g/mol. The normalized spacial score (nSPS) is 14.1. The molecule has 1 aliphatic rings. The van der Waals surface area contributed by atoms with Gasteiger partial charge < -0.3 is 14.3 Å². The highest BCUT2D eigenvalue weighted by atomic mass is 35.5. The number of halogens is 4. The van der Waals surface area contributed by atoms with Crippen molar-refractivity contribution in [2.45, 2.75) is 38.6 Å². The number of carbonyl (C=O) groups excluding carboxylic acids is 1. The van der Waals surface area contributed by atoms with Gasteiger partial charge in [0, 0.05) is 18.1 Å². The molecule has 0 spiro atoms. The molecule has 1 aliphatic carbocycles. The van der Waals surface area contributed by atoms with Crippen LogP contribution in [0.3, 0.4) is 0 Å². The summed E-state index contributed by atoms with van der Waals surface area (Å²) >= 11 is 6.05. The third-order valence-electron chi connectivity index (χ3n) is 7.88. The minimum absolute atomic E-state index is 0.0267. The van der Waals surface area contributed by atoms with E-state index >= 15 is 0 Å². The van der Waals surface area contributed by atoms with Crippen LogP contribution in [0, 0.1) is 5.41 Å². The summed E-state index contributed by atoms with van der Waals surface area (Å²) in [6.45, 7) is -0.0267. The highest BCUT2D eigenvalue weighted by Crippen LogP contribution is 2.44. The molecule has 238 valence electrons. The molecule has 0 bridgehead atoms. The molecule has 10 nitrogen and oxygen atoms in total. The zero-order valence-corrected chi connectivity index (χ0v) is 25.0. The Hall–Kier alpha value is -5.04. The predicted molar refractivity (Wildman–Crippen MR) is 161 cm³/mol. The van der Waals surface area contributed by atoms with Crippen molar-refractivity contribution in [2.75, 3.05) is 0 Å². The summed E-state index contributed by atoms with van der Waals surface area (Å²) in [5, 5.41) is 0.467. The maximum absolute atomic E-state index is 14.0. The average Bonchev–Trinajstić information content (AvgIpc) is 3.34. The standard InChI is InChI=1S/C32H26ClF3N4O6/c1-38-26-25(27(41)40(30(38)43)46-28(42)31(15-6-16-31)18-20-7-3-2-4-8-20)39(19-21-11-13-22(33)14-12-21)29(37-26)44-23-9-5-10-24(17-23)45-32(34,35)36/h2-5,7-14,17H,6,15-16,18-19H2,1H3. The lowest BCUT2D eigenvalue weighted by atomic mass is 9.65. The summed E-state index contributed by atoms with van der Waals surface area (Å²) in [5.74, 6) is -1.32. The zero-order valence-electron chi connectivity index (χ0n) is 24.3. The summed E-state index contributed by atoms with van der Waals surface area (Å²) in [6.07, 6.45) is -2.70. The number of carbonyl (C=O) groups is 1. The smallest absolute Gasteiger partial charge is 0.425 e. The van der Waals surface area contributed by atoms with Crippen molar-refractivity contribution in [2.24, 2.45) is 12.5 Å². The number of imidazole rings is 1. The lowest BCUT2D eigenvalue weighted by molar-refractivity contribution is -0.274. The van der Waals surface area contributed by atoms with Crippen molar-refractivity contribution in [3.63, 3.8) is 0 Å². The van der Waals surface area contributed by atoms with Gasteiger partial charge in [-0.25, -0.2) is 9.59 Å². The first kappa shape index (κ1) is 31.0. The Bertz CT molecular complexity index is 2030. The van der Waals surface area contributed by atoms with Gasteiger partial charge in [-0.3, -0.25) is 13.9 Å². The molecule has 0 saturated heterocycles. The van der Waals surface area contributed by atoms with Crippen molar-refractivity contribution in [3.05, 3.63) is 116 Å². The molecule has 0 unspecified atom stereocenters. The Morgan fingerprint density at radius 1 is 0.957 bits per heavy atom. The maximum Gasteiger partial charge on any atom is 0.573 e. The number of nitrogens with zero attached hydrogens (tertiary/aromatic N) is 4. The second-order valence-corrected chi connectivity index (χ2v) is 11.5. The Morgan fingerprint density at radius 2 is 1.65 bits per heavy atom. The van der Waals surface area contributed by atoms with E-state index in [1.807, 2.05) is 30.3 Å². The van der Waals surface area contributed by atoms with Crippen molar-refractivity contribution in [3.8, 4) is 17.5 Å². The second kappa shape index (κ2) is 12.0. The number of benzene rings is 3. The molecule has 5 aromatic rings. The molecule has 2 heterocycles. The van der Waals surface area contributed by atoms with Crippen LogP contribution in [-0.4, -0.2) is 31.2 Å². The van der Waals surface area contributed by atoms with E-state index in [9.17, 15) is 27.6 Å². The first-order valence-electron chi connectivity index (χ1n) is 14.2. The molecule has 0 aliphatic heterocycles. The number of hydrogen-bond acceptors (Lipinski definition) is 7. The maximum atomic E-state index is 14.0. The molecule has 0 atom stereocenters. The zero-order chi connectivity index (χ0) is 32.6. The van der Waals surface area contributed by atoms with Crippen LogP contribution in [0.1, 0.15) is 30.4 Å². The van der Waals surface area contributed by atoms with Gasteiger partial charge in [-0.1, -0.05) is 71.3 Å². The number of ether oxygens (including phenoxy) is 2. The molecule has 3 aromatic carbocycles. The van der Waals surface area contributed by atoms with Crippen LogP contribution >= 0.6 is 11.6 Å². The van der Waals surface area contributed by atoms with Gasteiger partial charge in [0.05, 0.1) is 12.0 Å². The topological polar surface area (TPSA) is 107 Å². The fourth-order valence-corrected chi connectivity index (χ4v) is 5.54. The quantitative estimate of drug-likeness (QED) is 0.202. The Morgan fingerprint density at radius 3 is 2.30 bits per heavy atom. The number of aryl methyl sites for hydroxylation is 1. The molecule has 1 saturated carbocycles. The molecule has 46 heavy (non-hydrogen) atoms. The van der Waals surface area contributed by atoms with Crippen molar-refractivity contribution < 1.29 is 32.3 Å². The van der Waals surface area contributed by atoms with Gasteiger partial charge in [-0.05, 0) is 54.7 Å². The fraction of sp³-hybridized carbons (Fsp3) is 0.250. The summed E-state index contributed by atoms with van der Waals surface area (Å²) in [4.78, 5) is 50.9. The first-order valence-corrected chi connectivity index (χ1v) is 14.6. The van der Waals surface area contributed by atoms with E-state index in [1.54, 1.807) is 24.3 Å². The highest BCUT2D eigenvalue weighted by molar-refractivity contribution is 6.30. The van der Waals surface area contributed by atoms with Crippen LogP contribution in [0.5, 0.6) is 17.5 Å². The molecule has 14 heteroatoms. The monoisotopic (exact) mass is 654 g/mol. The van der Waals surface area contributed by atoms with Crippen molar-refractivity contribution in [1.29, 1.82) is 0 Å². The largest absolute Gasteiger partial charge is 0.573 e. The molecule has 2 aromatic heterocycles. The fourth-order valence-electron chi connectivity index (χ4n) is 5.42. The molecular formula is C32H26ClF3N4O6. The van der Waals surface area contributed by atoms with Crippen LogP contribution in [0.2, 0.25) is 5.02 Å². The SMILES string of the molecule is Cn1c(=O)n(OC(=O)C2(Cc3ccccc3)CCC2)c(=O)c2c1nc(Oc1cccc(OC(F)(F)F)c1)n2Cc1ccc(Cl)cc1. The highest BCUT2D eigenvalue weighted by Gasteiger charge is 2.46. The van der Waals surface area contributed by atoms with Gasteiger partial charge in [-0.2, -0.15) is 4.98 Å². The van der Waals surface area contributed by atoms with E-state index < -0.39 is 34.7 Å². The van der Waals surface area contributed by atoms with Crippen LogP contribution in [0.25, 0.3) is 11.2 Å². The van der Waals surface area contributed by atoms with E-state index in [-0.39, 0.29) is 29.5 Å². The van der Waals surface area contributed by atoms with E-state index in [0.29, 0.717) is 34.6 Å². The number of hydrogen-bond donors (Lipinski definition) is 0. The van der Waals surface area contributed by atoms with Gasteiger partial charge in [0.1, 0.15) is 11.5 Å². The Labute approximate surface area is 264 Å². The summed E-state index contributed by atoms with van der Waals surface area (Å²) in [6, 6.07) is 20.6. The number of fused-ring (bicyclic) bond motifs is 1. The lowest BCUT2D eigenvalue weighted by Gasteiger charge is -2.38. The van der Waals surface area contributed by atoms with Crippen LogP contribution in [0.4, 0.5) is 13.2 Å². The Kier molecular flexibility index (Phi) is 8.11. The van der Waals surface area contributed by atoms with Gasteiger partial charge in [0.2, 0.25) is 0 Å². The third-order valence-corrected chi connectivity index (χ3v) is 8.14. The van der Waals surface area contributed by atoms with Gasteiger partial charge in [0.25, 0.3) is 0 Å². The molecule has 0 N–H and O–H groups in total. The van der Waals surface area contributed by atoms with Gasteiger partial charge in [0.15, 0.2) is 11.2 Å². The van der Waals surface area contributed by atoms with Crippen LogP contribution < -0.4 is 25.6 Å². The van der Waals surface area contributed by atoms with E-state index in [1.165, 1.54) is 23.7 Å². The van der Waals surface area contributed by atoms with E-state index in [2.05, 4.69) is 9.72 Å². The molecule has 6 rings (SSSR count). The van der Waals surface area contributed by atoms with Gasteiger partial charge in [-0.15, -0.1) is 13.2 Å². The number of aromatic nitrogens is 4. The van der Waals surface area contributed by atoms with E-state index in [0.717, 1.165) is 28.7 Å². The molecular weight excluding hydrogens is 629 g/mol. The third kappa shape index (κ3) is 6.23. The first-order chi connectivity index (χ1) is 21.9. The summed E-state index contributed by atoms with van der Waals surface area (Å²) in [7, 11) is 1.35. The predicted octanol–water partition coefficient (Wildman–Crippen LogP) is 5.66. The Balaban J connectivity index is 1.43.